The zero-order chi connectivity index (χ0) is 22.4. The zero-order valence-electron chi connectivity index (χ0n) is 17.1. The molecule has 0 saturated carbocycles. The maximum Gasteiger partial charge on any atom is 0.290 e. The molecule has 0 heterocycles. The lowest BCUT2D eigenvalue weighted by Gasteiger charge is -2.25. The molecule has 0 fully saturated rings. The fraction of sp³-hybridized carbons (Fsp3) is 0.474. The molecule has 0 unspecified atom stereocenters. The number of anilines is 1. The van der Waals surface area contributed by atoms with Crippen LogP contribution in [0.4, 0.5) is 5.69 Å². The number of nitrogens with two attached hydrogens (primary N) is 1. The summed E-state index contributed by atoms with van der Waals surface area (Å²) >= 11 is 0. The summed E-state index contributed by atoms with van der Waals surface area (Å²) in [7, 11) is 0. The van der Waals surface area contributed by atoms with Crippen molar-refractivity contribution in [3.8, 4) is 0 Å². The number of hydrazine groups is 1. The van der Waals surface area contributed by atoms with E-state index in [2.05, 4.69) is 21.5 Å². The number of para-hydroxylation sites is 1. The lowest BCUT2D eigenvalue weighted by molar-refractivity contribution is -0.133. The van der Waals surface area contributed by atoms with Crippen LogP contribution < -0.4 is 27.2 Å². The molecule has 0 aliphatic carbocycles. The molecule has 0 radical (unpaired) electrons. The molecule has 0 saturated heterocycles. The summed E-state index contributed by atoms with van der Waals surface area (Å²) in [5.41, 5.74) is 11.7. The molecular weight excluding hydrogens is 378 g/mol. The van der Waals surface area contributed by atoms with Crippen LogP contribution in [0.2, 0.25) is 0 Å². The maximum atomic E-state index is 12.5. The molecule has 7 N–H and O–H groups in total. The third kappa shape index (κ3) is 10.1. The van der Waals surface area contributed by atoms with E-state index < -0.39 is 29.9 Å². The Balaban J connectivity index is 0.00000245. The number of rotatable bonds is 9. The van der Waals surface area contributed by atoms with Crippen LogP contribution in [0.25, 0.3) is 0 Å². The summed E-state index contributed by atoms with van der Waals surface area (Å²) in [4.78, 5) is 44.9. The highest BCUT2D eigenvalue weighted by Crippen LogP contribution is 2.05. The number of amides is 3. The second kappa shape index (κ2) is 13.9. The zero-order valence-corrected chi connectivity index (χ0v) is 17.1. The Morgan fingerprint density at radius 3 is 2.07 bits per heavy atom. The van der Waals surface area contributed by atoms with Gasteiger partial charge in [0.1, 0.15) is 12.1 Å². The molecule has 3 atom stereocenters. The van der Waals surface area contributed by atoms with Crippen molar-refractivity contribution < 1.29 is 24.3 Å². The quantitative estimate of drug-likeness (QED) is 0.251. The molecule has 10 heteroatoms. The van der Waals surface area contributed by atoms with E-state index in [1.807, 2.05) is 32.0 Å². The molecular formula is C19H31N5O5. The number of nitrogens with one attached hydrogen (secondary N) is 4. The first-order valence-electron chi connectivity index (χ1n) is 9.22. The molecule has 10 nitrogen and oxygen atoms in total. The molecule has 0 aliphatic heterocycles. The van der Waals surface area contributed by atoms with E-state index in [4.69, 9.17) is 15.6 Å². The van der Waals surface area contributed by atoms with Crippen molar-refractivity contribution in [2.24, 2.45) is 11.7 Å². The fourth-order valence-corrected chi connectivity index (χ4v) is 2.11. The summed E-state index contributed by atoms with van der Waals surface area (Å²) in [5.74, 6) is -1.37. The topological polar surface area (TPSA) is 163 Å². The first-order chi connectivity index (χ1) is 13.7. The highest BCUT2D eigenvalue weighted by atomic mass is 16.3. The first-order valence-corrected chi connectivity index (χ1v) is 9.22. The molecule has 3 amide bonds. The lowest BCUT2D eigenvalue weighted by Crippen LogP contribution is -2.57. The van der Waals surface area contributed by atoms with Crippen molar-refractivity contribution in [1.29, 1.82) is 0 Å². The Morgan fingerprint density at radius 2 is 1.59 bits per heavy atom. The monoisotopic (exact) mass is 409 g/mol. The minimum atomic E-state index is -0.781. The summed E-state index contributed by atoms with van der Waals surface area (Å²) in [6.07, 6.45) is 0.474. The van der Waals surface area contributed by atoms with Crippen molar-refractivity contribution in [3.05, 3.63) is 30.3 Å². The standard InChI is InChI=1S/C18H29N5O3.CH2O2/c1-5-14(19)17(25)21-15(11(2)3)18(26)20-12(4)16(24)23-22-13-9-7-6-8-10-13;2-1-3/h6-12,14-15,22H,5,19H2,1-4H3,(H,20,26)(H,21,25)(H,23,24);1H,(H,2,3)/t12-,14-,15-;/m0./s1. The average molecular weight is 409 g/mol. The molecule has 29 heavy (non-hydrogen) atoms. The minimum Gasteiger partial charge on any atom is -0.483 e. The van der Waals surface area contributed by atoms with Gasteiger partial charge in [0, 0.05) is 0 Å². The Labute approximate surface area is 170 Å². The van der Waals surface area contributed by atoms with Crippen molar-refractivity contribution in [2.75, 3.05) is 5.43 Å². The van der Waals surface area contributed by atoms with Crippen molar-refractivity contribution in [2.45, 2.75) is 52.2 Å². The Hall–Kier alpha value is -3.14. The van der Waals surface area contributed by atoms with Gasteiger partial charge in [-0.15, -0.1) is 0 Å². The van der Waals surface area contributed by atoms with Gasteiger partial charge in [0.15, 0.2) is 0 Å². The van der Waals surface area contributed by atoms with Crippen molar-refractivity contribution >= 4 is 29.9 Å². The second-order valence-corrected chi connectivity index (χ2v) is 6.56. The molecule has 1 aromatic carbocycles. The molecule has 0 spiro atoms. The summed E-state index contributed by atoms with van der Waals surface area (Å²) in [5, 5.41) is 12.1. The Kier molecular flexibility index (Phi) is 12.4. The summed E-state index contributed by atoms with van der Waals surface area (Å²) in [6, 6.07) is 6.90. The smallest absolute Gasteiger partial charge is 0.290 e. The fourth-order valence-electron chi connectivity index (χ4n) is 2.11. The number of benzene rings is 1. The molecule has 162 valence electrons. The minimum absolute atomic E-state index is 0.152. The van der Waals surface area contributed by atoms with E-state index >= 15 is 0 Å². The van der Waals surface area contributed by atoms with Gasteiger partial charge in [-0.25, -0.2) is 0 Å². The molecule has 0 aromatic heterocycles. The van der Waals surface area contributed by atoms with E-state index in [9.17, 15) is 14.4 Å². The van der Waals surface area contributed by atoms with Crippen molar-refractivity contribution in [1.82, 2.24) is 16.1 Å². The molecule has 0 bridgehead atoms. The van der Waals surface area contributed by atoms with Crippen LogP contribution in [0.15, 0.2) is 30.3 Å². The summed E-state index contributed by atoms with van der Waals surface area (Å²) < 4.78 is 0. The predicted octanol–water partition coefficient (Wildman–Crippen LogP) is 0.213. The van der Waals surface area contributed by atoms with Gasteiger partial charge in [0.05, 0.1) is 11.7 Å². The van der Waals surface area contributed by atoms with Gasteiger partial charge in [-0.2, -0.15) is 0 Å². The van der Waals surface area contributed by atoms with Crippen LogP contribution in [-0.2, 0) is 19.2 Å². The van der Waals surface area contributed by atoms with E-state index in [0.717, 1.165) is 5.69 Å². The normalized spacial score (nSPS) is 13.0. The largest absolute Gasteiger partial charge is 0.483 e. The van der Waals surface area contributed by atoms with Crippen molar-refractivity contribution in [3.63, 3.8) is 0 Å². The van der Waals surface area contributed by atoms with Gasteiger partial charge >= 0.3 is 0 Å². The highest BCUT2D eigenvalue weighted by molar-refractivity contribution is 5.93. The van der Waals surface area contributed by atoms with Crippen LogP contribution in [0.3, 0.4) is 0 Å². The number of carboxylic acid groups (broad SMARTS) is 1. The second-order valence-electron chi connectivity index (χ2n) is 6.56. The predicted molar refractivity (Wildman–Crippen MR) is 110 cm³/mol. The molecule has 1 rings (SSSR count). The number of hydrogen-bond donors (Lipinski definition) is 6. The first kappa shape index (κ1) is 25.9. The van der Waals surface area contributed by atoms with Gasteiger partial charge in [-0.1, -0.05) is 39.0 Å². The van der Waals surface area contributed by atoms with E-state index in [-0.39, 0.29) is 18.3 Å². The Bertz CT molecular complexity index is 654. The van der Waals surface area contributed by atoms with Crippen LogP contribution >= 0.6 is 0 Å². The van der Waals surface area contributed by atoms with Gasteiger partial charge in [-0.05, 0) is 31.4 Å². The molecule has 0 aliphatic rings. The van der Waals surface area contributed by atoms with Crippen LogP contribution in [0.5, 0.6) is 0 Å². The Morgan fingerprint density at radius 1 is 1.03 bits per heavy atom. The lowest BCUT2D eigenvalue weighted by atomic mass is 10.0. The maximum absolute atomic E-state index is 12.5. The van der Waals surface area contributed by atoms with E-state index in [0.29, 0.717) is 6.42 Å². The summed E-state index contributed by atoms with van der Waals surface area (Å²) in [6.45, 7) is 6.73. The van der Waals surface area contributed by atoms with E-state index in [1.54, 1.807) is 26.0 Å². The van der Waals surface area contributed by atoms with Crippen LogP contribution in [0, 0.1) is 5.92 Å². The van der Waals surface area contributed by atoms with E-state index in [1.165, 1.54) is 0 Å². The van der Waals surface area contributed by atoms with Gasteiger partial charge < -0.3 is 21.5 Å². The molecule has 1 aromatic rings. The van der Waals surface area contributed by atoms with Crippen LogP contribution in [0.1, 0.15) is 34.1 Å². The van der Waals surface area contributed by atoms with Gasteiger partial charge in [0.25, 0.3) is 12.4 Å². The SMILES string of the molecule is CC[C@H](N)C(=O)N[C@H](C(=O)N[C@@H](C)C(=O)NNc1ccccc1)C(C)C.O=CO. The van der Waals surface area contributed by atoms with Gasteiger partial charge in [-0.3, -0.25) is 30.0 Å². The number of carbonyl (C=O) groups excluding carboxylic acids is 3. The average Bonchev–Trinajstić information content (AvgIpc) is 2.70. The van der Waals surface area contributed by atoms with Gasteiger partial charge in [0.2, 0.25) is 11.8 Å². The third-order valence-electron chi connectivity index (χ3n) is 3.88. The highest BCUT2D eigenvalue weighted by Gasteiger charge is 2.28. The van der Waals surface area contributed by atoms with Crippen LogP contribution in [-0.4, -0.2) is 47.4 Å². The number of hydrogen-bond acceptors (Lipinski definition) is 6. The third-order valence-corrected chi connectivity index (χ3v) is 3.88. The number of carbonyl (C=O) groups is 4.